The van der Waals surface area contributed by atoms with Gasteiger partial charge in [-0.15, -0.1) is 0 Å². The summed E-state index contributed by atoms with van der Waals surface area (Å²) < 4.78 is 5.13. The van der Waals surface area contributed by atoms with Crippen LogP contribution in [0.5, 0.6) is 5.75 Å². The second-order valence-electron chi connectivity index (χ2n) is 5.13. The lowest BCUT2D eigenvalue weighted by atomic mass is 9.84. The minimum absolute atomic E-state index is 0.0213. The molecule has 0 aliphatic heterocycles. The number of rotatable bonds is 5. The second kappa shape index (κ2) is 6.57. The fourth-order valence-electron chi connectivity index (χ4n) is 2.71. The van der Waals surface area contributed by atoms with Gasteiger partial charge in [0.05, 0.1) is 13.0 Å². The van der Waals surface area contributed by atoms with Gasteiger partial charge in [-0.25, -0.2) is 0 Å². The number of amides is 1. The van der Waals surface area contributed by atoms with E-state index in [1.165, 1.54) is 12.0 Å². The van der Waals surface area contributed by atoms with Crippen molar-refractivity contribution in [2.24, 2.45) is 11.7 Å². The highest BCUT2D eigenvalue weighted by molar-refractivity contribution is 5.77. The molecule has 0 bridgehead atoms. The van der Waals surface area contributed by atoms with Gasteiger partial charge in [-0.3, -0.25) is 4.79 Å². The summed E-state index contributed by atoms with van der Waals surface area (Å²) in [6.07, 6.45) is 4.22. The SMILES string of the molecule is COc1ccc(CN[C@H]2CCCC[C@@H]2C(N)=O)cc1. The molecule has 1 saturated carbocycles. The van der Waals surface area contributed by atoms with E-state index in [9.17, 15) is 4.79 Å². The highest BCUT2D eigenvalue weighted by Gasteiger charge is 2.28. The summed E-state index contributed by atoms with van der Waals surface area (Å²) in [5, 5.41) is 3.47. The van der Waals surface area contributed by atoms with Gasteiger partial charge in [-0.05, 0) is 30.5 Å². The van der Waals surface area contributed by atoms with Crippen LogP contribution in [0.25, 0.3) is 0 Å². The van der Waals surface area contributed by atoms with Crippen LogP contribution in [0.15, 0.2) is 24.3 Å². The monoisotopic (exact) mass is 262 g/mol. The van der Waals surface area contributed by atoms with E-state index in [4.69, 9.17) is 10.5 Å². The van der Waals surface area contributed by atoms with Crippen LogP contribution in [0.4, 0.5) is 0 Å². The predicted molar refractivity (Wildman–Crippen MR) is 74.8 cm³/mol. The van der Waals surface area contributed by atoms with Gasteiger partial charge in [0, 0.05) is 12.6 Å². The summed E-state index contributed by atoms with van der Waals surface area (Å²) in [5.41, 5.74) is 6.66. The molecule has 0 aromatic heterocycles. The third kappa shape index (κ3) is 3.70. The summed E-state index contributed by atoms with van der Waals surface area (Å²) in [6, 6.07) is 8.18. The Morgan fingerprint density at radius 2 is 2.00 bits per heavy atom. The van der Waals surface area contributed by atoms with Crippen LogP contribution in [-0.4, -0.2) is 19.1 Å². The lowest BCUT2D eigenvalue weighted by Gasteiger charge is -2.30. The molecular formula is C15H22N2O2. The number of hydrogen-bond acceptors (Lipinski definition) is 3. The van der Waals surface area contributed by atoms with Gasteiger partial charge in [-0.1, -0.05) is 25.0 Å². The average molecular weight is 262 g/mol. The van der Waals surface area contributed by atoms with Crippen molar-refractivity contribution in [2.75, 3.05) is 7.11 Å². The maximum absolute atomic E-state index is 11.4. The molecular weight excluding hydrogens is 240 g/mol. The number of primary amides is 1. The topological polar surface area (TPSA) is 64.3 Å². The lowest BCUT2D eigenvalue weighted by Crippen LogP contribution is -2.44. The first-order chi connectivity index (χ1) is 9.20. The first-order valence-electron chi connectivity index (χ1n) is 6.86. The molecule has 3 N–H and O–H groups in total. The number of benzene rings is 1. The maximum atomic E-state index is 11.4. The highest BCUT2D eigenvalue weighted by Crippen LogP contribution is 2.24. The molecule has 4 heteroatoms. The van der Waals surface area contributed by atoms with E-state index in [0.29, 0.717) is 0 Å². The normalized spacial score (nSPS) is 23.0. The van der Waals surface area contributed by atoms with Gasteiger partial charge in [0.1, 0.15) is 5.75 Å². The molecule has 1 aromatic rings. The van der Waals surface area contributed by atoms with Crippen molar-refractivity contribution in [2.45, 2.75) is 38.3 Å². The van der Waals surface area contributed by atoms with Crippen molar-refractivity contribution >= 4 is 5.91 Å². The Kier molecular flexibility index (Phi) is 4.80. The van der Waals surface area contributed by atoms with Crippen LogP contribution in [-0.2, 0) is 11.3 Å². The minimum atomic E-state index is -0.174. The Bertz CT molecular complexity index is 417. The molecule has 4 nitrogen and oxygen atoms in total. The molecule has 0 spiro atoms. The van der Waals surface area contributed by atoms with E-state index in [2.05, 4.69) is 5.32 Å². The number of methoxy groups -OCH3 is 1. The molecule has 1 fully saturated rings. The van der Waals surface area contributed by atoms with Crippen LogP contribution in [0.1, 0.15) is 31.2 Å². The molecule has 1 aliphatic rings. The van der Waals surface area contributed by atoms with Crippen LogP contribution < -0.4 is 15.8 Å². The smallest absolute Gasteiger partial charge is 0.222 e. The fraction of sp³-hybridized carbons (Fsp3) is 0.533. The Morgan fingerprint density at radius 1 is 1.32 bits per heavy atom. The minimum Gasteiger partial charge on any atom is -0.497 e. The van der Waals surface area contributed by atoms with E-state index in [0.717, 1.165) is 31.6 Å². The number of hydrogen-bond donors (Lipinski definition) is 2. The zero-order valence-electron chi connectivity index (χ0n) is 11.4. The van der Waals surface area contributed by atoms with E-state index < -0.39 is 0 Å². The number of nitrogens with two attached hydrogens (primary N) is 1. The average Bonchev–Trinajstić information content (AvgIpc) is 2.46. The quantitative estimate of drug-likeness (QED) is 0.851. The Morgan fingerprint density at radius 3 is 2.63 bits per heavy atom. The standard InChI is InChI=1S/C15H22N2O2/c1-19-12-8-6-11(7-9-12)10-17-14-5-3-2-4-13(14)15(16)18/h6-9,13-14,17H,2-5,10H2,1H3,(H2,16,18)/t13-,14-/m0/s1. The fourth-order valence-corrected chi connectivity index (χ4v) is 2.71. The summed E-state index contributed by atoms with van der Waals surface area (Å²) in [5.74, 6) is 0.662. The van der Waals surface area contributed by atoms with Gasteiger partial charge < -0.3 is 15.8 Å². The van der Waals surface area contributed by atoms with Crippen molar-refractivity contribution in [3.8, 4) is 5.75 Å². The summed E-state index contributed by atoms with van der Waals surface area (Å²) in [6.45, 7) is 0.762. The number of nitrogens with one attached hydrogen (secondary N) is 1. The third-order valence-electron chi connectivity index (χ3n) is 3.86. The molecule has 0 unspecified atom stereocenters. The Labute approximate surface area is 114 Å². The molecule has 19 heavy (non-hydrogen) atoms. The number of carbonyl (C=O) groups is 1. The van der Waals surface area contributed by atoms with Crippen molar-refractivity contribution in [3.63, 3.8) is 0 Å². The summed E-state index contributed by atoms with van der Waals surface area (Å²) in [4.78, 5) is 11.4. The van der Waals surface area contributed by atoms with E-state index in [-0.39, 0.29) is 17.9 Å². The molecule has 2 atom stereocenters. The van der Waals surface area contributed by atoms with Gasteiger partial charge in [0.2, 0.25) is 5.91 Å². The van der Waals surface area contributed by atoms with E-state index >= 15 is 0 Å². The molecule has 0 heterocycles. The van der Waals surface area contributed by atoms with Crippen LogP contribution in [0.3, 0.4) is 0 Å². The van der Waals surface area contributed by atoms with Crippen molar-refractivity contribution < 1.29 is 9.53 Å². The molecule has 0 radical (unpaired) electrons. The van der Waals surface area contributed by atoms with Gasteiger partial charge >= 0.3 is 0 Å². The Hall–Kier alpha value is -1.55. The van der Waals surface area contributed by atoms with Gasteiger partial charge in [0.15, 0.2) is 0 Å². The molecule has 1 aliphatic carbocycles. The largest absolute Gasteiger partial charge is 0.497 e. The Balaban J connectivity index is 1.90. The molecule has 2 rings (SSSR count). The second-order valence-corrected chi connectivity index (χ2v) is 5.13. The van der Waals surface area contributed by atoms with Crippen molar-refractivity contribution in [1.29, 1.82) is 0 Å². The predicted octanol–water partition coefficient (Wildman–Crippen LogP) is 1.83. The zero-order chi connectivity index (χ0) is 13.7. The van der Waals surface area contributed by atoms with Gasteiger partial charge in [0.25, 0.3) is 0 Å². The first-order valence-corrected chi connectivity index (χ1v) is 6.86. The highest BCUT2D eigenvalue weighted by atomic mass is 16.5. The molecule has 104 valence electrons. The maximum Gasteiger partial charge on any atom is 0.222 e. The van der Waals surface area contributed by atoms with Crippen molar-refractivity contribution in [3.05, 3.63) is 29.8 Å². The lowest BCUT2D eigenvalue weighted by molar-refractivity contribution is -0.123. The van der Waals surface area contributed by atoms with E-state index in [1.807, 2.05) is 24.3 Å². The van der Waals surface area contributed by atoms with Crippen LogP contribution in [0, 0.1) is 5.92 Å². The third-order valence-corrected chi connectivity index (χ3v) is 3.86. The van der Waals surface area contributed by atoms with Crippen LogP contribution >= 0.6 is 0 Å². The summed E-state index contributed by atoms with van der Waals surface area (Å²) in [7, 11) is 1.66. The molecule has 1 aromatic carbocycles. The number of carbonyl (C=O) groups excluding carboxylic acids is 1. The molecule has 0 saturated heterocycles. The zero-order valence-corrected chi connectivity index (χ0v) is 11.4. The first kappa shape index (κ1) is 13.9. The summed E-state index contributed by atoms with van der Waals surface area (Å²) >= 11 is 0. The van der Waals surface area contributed by atoms with Gasteiger partial charge in [-0.2, -0.15) is 0 Å². The van der Waals surface area contributed by atoms with Crippen molar-refractivity contribution in [1.82, 2.24) is 5.32 Å². The van der Waals surface area contributed by atoms with E-state index in [1.54, 1.807) is 7.11 Å². The molecule has 1 amide bonds. The number of ether oxygens (including phenoxy) is 1. The van der Waals surface area contributed by atoms with Crippen LogP contribution in [0.2, 0.25) is 0 Å².